The average Bonchev–Trinajstić information content (AvgIpc) is 3.21. The van der Waals surface area contributed by atoms with E-state index in [1.165, 1.54) is 0 Å². The smallest absolute Gasteiger partial charge is 0.416 e. The number of hydrogen-bond acceptors (Lipinski definition) is 3. The van der Waals surface area contributed by atoms with Gasteiger partial charge in [0.25, 0.3) is 0 Å². The lowest BCUT2D eigenvalue weighted by Gasteiger charge is -2.44. The van der Waals surface area contributed by atoms with Crippen LogP contribution < -0.4 is 5.32 Å². The van der Waals surface area contributed by atoms with Crippen LogP contribution in [-0.2, 0) is 20.5 Å². The Bertz CT molecular complexity index is 1080. The number of anilines is 1. The van der Waals surface area contributed by atoms with Crippen molar-refractivity contribution in [1.29, 1.82) is 0 Å². The molecule has 4 unspecified atom stereocenters. The number of halogens is 5. The molecule has 4 atom stereocenters. The summed E-state index contributed by atoms with van der Waals surface area (Å²) in [6, 6.07) is 8.97. The molecule has 10 heteroatoms. The van der Waals surface area contributed by atoms with Crippen molar-refractivity contribution in [1.82, 2.24) is 0 Å². The standard InChI is InChI=1S/C24H22BrF4NO4/c25-15-5-2-13(3-6-15)16-11-23(8-1-9-34-23)12-17(20(16)22(32)33)21(31)30-19-7-4-14(10-18(19)26)24(27,28)29/h2-7,10,16-17,20H,1,8-9,11-12H2,(H,30,31)(H,32,33). The number of carboxylic acid groups (broad SMARTS) is 1. The van der Waals surface area contributed by atoms with E-state index in [9.17, 15) is 32.3 Å². The fraction of sp³-hybridized carbons (Fsp3) is 0.417. The second-order valence-corrected chi connectivity index (χ2v) is 9.77. The number of rotatable bonds is 4. The molecule has 1 amide bonds. The van der Waals surface area contributed by atoms with Crippen molar-refractivity contribution < 1.29 is 37.0 Å². The summed E-state index contributed by atoms with van der Waals surface area (Å²) in [5.74, 6) is -5.91. The Hall–Kier alpha value is -2.46. The lowest BCUT2D eigenvalue weighted by Crippen LogP contribution is -2.49. The van der Waals surface area contributed by atoms with Gasteiger partial charge in [0.2, 0.25) is 5.91 Å². The van der Waals surface area contributed by atoms with Crippen molar-refractivity contribution >= 4 is 33.5 Å². The fourth-order valence-electron chi connectivity index (χ4n) is 5.15. The van der Waals surface area contributed by atoms with Crippen molar-refractivity contribution in [3.05, 3.63) is 63.9 Å². The van der Waals surface area contributed by atoms with Gasteiger partial charge in [-0.25, -0.2) is 4.39 Å². The fourth-order valence-corrected chi connectivity index (χ4v) is 5.41. The largest absolute Gasteiger partial charge is 0.481 e. The van der Waals surface area contributed by atoms with Crippen LogP contribution in [0.4, 0.5) is 23.2 Å². The summed E-state index contributed by atoms with van der Waals surface area (Å²) >= 11 is 3.36. The van der Waals surface area contributed by atoms with Crippen LogP contribution in [0.2, 0.25) is 0 Å². The van der Waals surface area contributed by atoms with Crippen LogP contribution in [0.3, 0.4) is 0 Å². The summed E-state index contributed by atoms with van der Waals surface area (Å²) < 4.78 is 59.8. The number of carbonyl (C=O) groups excluding carboxylic acids is 1. The molecule has 34 heavy (non-hydrogen) atoms. The van der Waals surface area contributed by atoms with Crippen LogP contribution in [0, 0.1) is 17.7 Å². The molecule has 1 aliphatic heterocycles. The monoisotopic (exact) mass is 543 g/mol. The number of nitrogens with one attached hydrogen (secondary N) is 1. The van der Waals surface area contributed by atoms with Crippen LogP contribution in [0.15, 0.2) is 46.9 Å². The number of alkyl halides is 3. The molecule has 2 aromatic rings. The molecular weight excluding hydrogens is 522 g/mol. The van der Waals surface area contributed by atoms with Gasteiger partial charge in [-0.1, -0.05) is 28.1 Å². The third-order valence-corrected chi connectivity index (χ3v) is 7.24. The Morgan fingerprint density at radius 2 is 1.82 bits per heavy atom. The Labute approximate surface area is 201 Å². The molecule has 2 fully saturated rings. The van der Waals surface area contributed by atoms with Gasteiger partial charge in [0.15, 0.2) is 0 Å². The first-order chi connectivity index (χ1) is 16.0. The number of amides is 1. The summed E-state index contributed by atoms with van der Waals surface area (Å²) in [7, 11) is 0. The van der Waals surface area contributed by atoms with Gasteiger partial charge in [-0.15, -0.1) is 0 Å². The molecule has 2 N–H and O–H groups in total. The molecule has 4 rings (SSSR count). The topological polar surface area (TPSA) is 75.6 Å². The summed E-state index contributed by atoms with van der Waals surface area (Å²) in [5.41, 5.74) is -1.57. The van der Waals surface area contributed by atoms with E-state index in [1.54, 1.807) is 24.3 Å². The van der Waals surface area contributed by atoms with Gasteiger partial charge in [-0.3, -0.25) is 9.59 Å². The molecule has 0 aromatic heterocycles. The second kappa shape index (κ2) is 9.30. The minimum atomic E-state index is -4.73. The molecule has 1 saturated heterocycles. The van der Waals surface area contributed by atoms with Crippen LogP contribution in [0.1, 0.15) is 42.7 Å². The minimum Gasteiger partial charge on any atom is -0.481 e. The van der Waals surface area contributed by atoms with E-state index < -0.39 is 58.5 Å². The quantitative estimate of drug-likeness (QED) is 0.464. The molecule has 2 aromatic carbocycles. The summed E-state index contributed by atoms with van der Waals surface area (Å²) in [6.07, 6.45) is -2.75. The van der Waals surface area contributed by atoms with E-state index in [1.807, 2.05) is 0 Å². The Balaban J connectivity index is 1.67. The lowest BCUT2D eigenvalue weighted by atomic mass is 9.62. The first kappa shape index (κ1) is 24.7. The number of ether oxygens (including phenoxy) is 1. The molecule has 1 heterocycles. The Kier molecular flexibility index (Phi) is 6.74. The molecule has 0 radical (unpaired) electrons. The first-order valence-corrected chi connectivity index (χ1v) is 11.6. The normalized spacial score (nSPS) is 27.0. The zero-order valence-corrected chi connectivity index (χ0v) is 19.5. The third-order valence-electron chi connectivity index (χ3n) is 6.71. The van der Waals surface area contributed by atoms with E-state index in [0.29, 0.717) is 31.6 Å². The SMILES string of the molecule is O=C(Nc1ccc(C(F)(F)F)cc1F)C1CC2(CCCO2)CC(c2ccc(Br)cc2)C1C(=O)O. The van der Waals surface area contributed by atoms with E-state index in [-0.39, 0.29) is 6.42 Å². The minimum absolute atomic E-state index is 0.130. The van der Waals surface area contributed by atoms with Gasteiger partial charge < -0.3 is 15.2 Å². The highest BCUT2D eigenvalue weighted by molar-refractivity contribution is 9.10. The summed E-state index contributed by atoms with van der Waals surface area (Å²) in [6.45, 7) is 0.493. The van der Waals surface area contributed by atoms with E-state index in [2.05, 4.69) is 21.2 Å². The van der Waals surface area contributed by atoms with Gasteiger partial charge in [-0.05, 0) is 61.6 Å². The molecular formula is C24H22BrF4NO4. The van der Waals surface area contributed by atoms with Crippen LogP contribution >= 0.6 is 15.9 Å². The molecule has 1 aliphatic carbocycles. The zero-order chi connectivity index (χ0) is 24.7. The molecule has 182 valence electrons. The van der Waals surface area contributed by atoms with Crippen LogP contribution in [0.25, 0.3) is 0 Å². The summed E-state index contributed by atoms with van der Waals surface area (Å²) in [5, 5.41) is 12.4. The highest BCUT2D eigenvalue weighted by atomic mass is 79.9. The number of carbonyl (C=O) groups is 2. The Morgan fingerprint density at radius 1 is 1.12 bits per heavy atom. The van der Waals surface area contributed by atoms with Gasteiger partial charge in [0.1, 0.15) is 5.82 Å². The average molecular weight is 544 g/mol. The van der Waals surface area contributed by atoms with Gasteiger partial charge in [-0.2, -0.15) is 13.2 Å². The van der Waals surface area contributed by atoms with Gasteiger partial charge >= 0.3 is 12.1 Å². The van der Waals surface area contributed by atoms with Crippen molar-refractivity contribution in [2.75, 3.05) is 11.9 Å². The maximum absolute atomic E-state index is 14.4. The number of aliphatic carboxylic acids is 1. The molecule has 5 nitrogen and oxygen atoms in total. The lowest BCUT2D eigenvalue weighted by molar-refractivity contribution is -0.155. The molecule has 0 bridgehead atoms. The number of hydrogen-bond donors (Lipinski definition) is 2. The first-order valence-electron chi connectivity index (χ1n) is 10.8. The van der Waals surface area contributed by atoms with Crippen molar-refractivity contribution in [2.45, 2.75) is 43.4 Å². The highest BCUT2D eigenvalue weighted by Gasteiger charge is 2.53. The maximum atomic E-state index is 14.4. The third kappa shape index (κ3) is 4.98. The van der Waals surface area contributed by atoms with E-state index >= 15 is 0 Å². The van der Waals surface area contributed by atoms with Gasteiger partial charge in [0.05, 0.1) is 28.7 Å². The summed E-state index contributed by atoms with van der Waals surface area (Å²) in [4.78, 5) is 25.6. The Morgan fingerprint density at radius 3 is 2.38 bits per heavy atom. The molecule has 2 aliphatic rings. The van der Waals surface area contributed by atoms with Crippen molar-refractivity contribution in [3.63, 3.8) is 0 Å². The predicted octanol–water partition coefficient (Wildman–Crippen LogP) is 5.99. The zero-order valence-electron chi connectivity index (χ0n) is 17.9. The molecule has 1 spiro atoms. The predicted molar refractivity (Wildman–Crippen MR) is 119 cm³/mol. The van der Waals surface area contributed by atoms with Crippen molar-refractivity contribution in [3.8, 4) is 0 Å². The number of benzene rings is 2. The maximum Gasteiger partial charge on any atom is 0.416 e. The van der Waals surface area contributed by atoms with E-state index in [4.69, 9.17) is 4.74 Å². The van der Waals surface area contributed by atoms with Crippen LogP contribution in [-0.4, -0.2) is 29.2 Å². The number of carboxylic acids is 1. The van der Waals surface area contributed by atoms with Crippen molar-refractivity contribution in [2.24, 2.45) is 11.8 Å². The second-order valence-electron chi connectivity index (χ2n) is 8.85. The van der Waals surface area contributed by atoms with Crippen LogP contribution in [0.5, 0.6) is 0 Å². The van der Waals surface area contributed by atoms with E-state index in [0.717, 1.165) is 22.5 Å². The van der Waals surface area contributed by atoms with Gasteiger partial charge in [0, 0.05) is 17.0 Å². The highest BCUT2D eigenvalue weighted by Crippen LogP contribution is 2.51. The molecule has 1 saturated carbocycles.